The van der Waals surface area contributed by atoms with E-state index in [4.69, 9.17) is 0 Å². The summed E-state index contributed by atoms with van der Waals surface area (Å²) in [5.41, 5.74) is 1.85. The molecule has 4 rings (SSSR count). The van der Waals surface area contributed by atoms with Crippen LogP contribution in [0.15, 0.2) is 36.5 Å². The van der Waals surface area contributed by atoms with E-state index in [1.807, 2.05) is 30.3 Å². The number of hydrogen-bond donors (Lipinski definition) is 2. The van der Waals surface area contributed by atoms with Gasteiger partial charge in [-0.25, -0.2) is 9.67 Å². The van der Waals surface area contributed by atoms with Crippen LogP contribution in [0.5, 0.6) is 5.75 Å². The summed E-state index contributed by atoms with van der Waals surface area (Å²) in [7, 11) is 0. The zero-order chi connectivity index (χ0) is 16.5. The normalized spacial score (nSPS) is 13.5. The number of fused-ring (bicyclic) bond motifs is 1. The van der Waals surface area contributed by atoms with Crippen LogP contribution >= 0.6 is 11.3 Å². The van der Waals surface area contributed by atoms with Crippen LogP contribution in [0.1, 0.15) is 33.9 Å². The van der Waals surface area contributed by atoms with Gasteiger partial charge in [0, 0.05) is 4.88 Å². The number of amides is 1. The van der Waals surface area contributed by atoms with Crippen LogP contribution in [0.2, 0.25) is 0 Å². The smallest absolute Gasteiger partial charge is 0.281 e. The Morgan fingerprint density at radius 1 is 1.21 bits per heavy atom. The van der Waals surface area contributed by atoms with Crippen LogP contribution in [0.3, 0.4) is 0 Å². The number of carbonyl (C=O) groups excluding carboxylic acids is 1. The van der Waals surface area contributed by atoms with Crippen molar-refractivity contribution in [1.29, 1.82) is 0 Å². The number of aromatic hydroxyl groups is 1. The lowest BCUT2D eigenvalue weighted by molar-refractivity contribution is 0.101. The highest BCUT2D eigenvalue weighted by Crippen LogP contribution is 2.30. The van der Waals surface area contributed by atoms with Gasteiger partial charge in [0.15, 0.2) is 16.6 Å². The molecule has 2 aromatic heterocycles. The third-order valence-electron chi connectivity index (χ3n) is 4.00. The predicted molar refractivity (Wildman–Crippen MR) is 91.9 cm³/mol. The first-order valence-electron chi connectivity index (χ1n) is 7.85. The Morgan fingerprint density at radius 3 is 2.79 bits per heavy atom. The van der Waals surface area contributed by atoms with Crippen molar-refractivity contribution in [2.45, 2.75) is 25.7 Å². The first-order valence-corrected chi connectivity index (χ1v) is 8.66. The van der Waals surface area contributed by atoms with Crippen molar-refractivity contribution in [2.24, 2.45) is 0 Å². The van der Waals surface area contributed by atoms with Crippen molar-refractivity contribution in [3.63, 3.8) is 0 Å². The number of carbonyl (C=O) groups is 1. The lowest BCUT2D eigenvalue weighted by Gasteiger charge is -2.06. The Hall–Kier alpha value is -2.67. The fourth-order valence-electron chi connectivity index (χ4n) is 2.80. The van der Waals surface area contributed by atoms with Crippen molar-refractivity contribution >= 4 is 22.4 Å². The molecule has 0 atom stereocenters. The summed E-state index contributed by atoms with van der Waals surface area (Å²) in [6, 6.07) is 9.33. The van der Waals surface area contributed by atoms with Gasteiger partial charge in [0.1, 0.15) is 0 Å². The third-order valence-corrected chi connectivity index (χ3v) is 5.07. The number of nitrogens with one attached hydrogen (secondary N) is 1. The highest BCUT2D eigenvalue weighted by molar-refractivity contribution is 7.15. The minimum absolute atomic E-state index is 0.00738. The Balaban J connectivity index is 1.56. The third kappa shape index (κ3) is 2.78. The minimum atomic E-state index is -0.451. The number of para-hydroxylation sites is 1. The summed E-state index contributed by atoms with van der Waals surface area (Å²) in [6.45, 7) is 0. The van der Waals surface area contributed by atoms with Crippen molar-refractivity contribution < 1.29 is 9.90 Å². The summed E-state index contributed by atoms with van der Waals surface area (Å²) < 4.78 is 1.48. The number of thiazole rings is 1. The highest BCUT2D eigenvalue weighted by Gasteiger charge is 2.20. The number of hydrogen-bond acceptors (Lipinski definition) is 5. The molecule has 0 saturated carbocycles. The first-order chi connectivity index (χ1) is 11.7. The molecule has 1 aliphatic rings. The SMILES string of the molecule is O=C(Nc1nc2c(s1)CCCC2)c1nn(-c2ccccc2)cc1O. The largest absolute Gasteiger partial charge is 0.504 e. The Kier molecular flexibility index (Phi) is 3.78. The van der Waals surface area contributed by atoms with E-state index < -0.39 is 5.91 Å². The average Bonchev–Trinajstić information content (AvgIpc) is 3.18. The summed E-state index contributed by atoms with van der Waals surface area (Å²) >= 11 is 1.51. The van der Waals surface area contributed by atoms with Crippen molar-refractivity contribution in [1.82, 2.24) is 14.8 Å². The number of aromatic nitrogens is 3. The summed E-state index contributed by atoms with van der Waals surface area (Å²) in [4.78, 5) is 18.1. The van der Waals surface area contributed by atoms with E-state index in [1.165, 1.54) is 33.5 Å². The topological polar surface area (TPSA) is 80.0 Å². The van der Waals surface area contributed by atoms with Crippen LogP contribution < -0.4 is 5.32 Å². The van der Waals surface area contributed by atoms with Gasteiger partial charge in [-0.3, -0.25) is 10.1 Å². The molecule has 3 aromatic rings. The van der Waals surface area contributed by atoms with Gasteiger partial charge >= 0.3 is 0 Å². The molecule has 0 saturated heterocycles. The van der Waals surface area contributed by atoms with E-state index in [0.717, 1.165) is 30.6 Å². The van der Waals surface area contributed by atoms with Gasteiger partial charge in [-0.15, -0.1) is 11.3 Å². The molecule has 0 spiro atoms. The maximum Gasteiger partial charge on any atom is 0.281 e. The van der Waals surface area contributed by atoms with E-state index in [9.17, 15) is 9.90 Å². The van der Waals surface area contributed by atoms with Crippen molar-refractivity contribution in [2.75, 3.05) is 5.32 Å². The predicted octanol–water partition coefficient (Wildman–Crippen LogP) is 3.17. The fourth-order valence-corrected chi connectivity index (χ4v) is 3.85. The van der Waals surface area contributed by atoms with E-state index in [1.54, 1.807) is 0 Å². The first kappa shape index (κ1) is 14.9. The van der Waals surface area contributed by atoms with Gasteiger partial charge in [0.25, 0.3) is 5.91 Å². The molecule has 0 fully saturated rings. The Morgan fingerprint density at radius 2 is 2.00 bits per heavy atom. The molecule has 6 nitrogen and oxygen atoms in total. The number of aryl methyl sites for hydroxylation is 2. The van der Waals surface area contributed by atoms with Gasteiger partial charge < -0.3 is 5.11 Å². The number of anilines is 1. The molecular weight excluding hydrogens is 324 g/mol. The molecule has 7 heteroatoms. The molecule has 1 amide bonds. The maximum absolute atomic E-state index is 12.4. The fraction of sp³-hybridized carbons (Fsp3) is 0.235. The number of nitrogens with zero attached hydrogens (tertiary/aromatic N) is 3. The van der Waals surface area contributed by atoms with Gasteiger partial charge in [-0.1, -0.05) is 18.2 Å². The highest BCUT2D eigenvalue weighted by atomic mass is 32.1. The van der Waals surface area contributed by atoms with Crippen molar-refractivity contribution in [3.05, 3.63) is 52.8 Å². The van der Waals surface area contributed by atoms with Crippen LogP contribution in [-0.2, 0) is 12.8 Å². The second-order valence-corrected chi connectivity index (χ2v) is 6.78. The zero-order valence-electron chi connectivity index (χ0n) is 12.9. The lowest BCUT2D eigenvalue weighted by Crippen LogP contribution is -2.13. The van der Waals surface area contributed by atoms with Gasteiger partial charge in [-0.2, -0.15) is 5.10 Å². The lowest BCUT2D eigenvalue weighted by atomic mass is 10.0. The maximum atomic E-state index is 12.4. The number of rotatable bonds is 3. The Labute approximate surface area is 142 Å². The number of benzene rings is 1. The molecule has 0 bridgehead atoms. The molecule has 1 aliphatic carbocycles. The summed E-state index contributed by atoms with van der Waals surface area (Å²) in [6.07, 6.45) is 5.74. The van der Waals surface area contributed by atoms with E-state index in [0.29, 0.717) is 5.13 Å². The van der Waals surface area contributed by atoms with Crippen LogP contribution in [0.4, 0.5) is 5.13 Å². The standard InChI is InChI=1S/C17H16N4O2S/c22-13-10-21(11-6-2-1-3-7-11)20-15(13)16(23)19-17-18-12-8-4-5-9-14(12)24-17/h1-3,6-7,10,22H,4-5,8-9H2,(H,18,19,23). The van der Waals surface area contributed by atoms with Crippen LogP contribution in [0.25, 0.3) is 5.69 Å². The van der Waals surface area contributed by atoms with Gasteiger partial charge in [0.2, 0.25) is 0 Å². The molecule has 1 aromatic carbocycles. The molecule has 0 unspecified atom stereocenters. The molecule has 2 heterocycles. The monoisotopic (exact) mass is 340 g/mol. The van der Waals surface area contributed by atoms with Gasteiger partial charge in [0.05, 0.1) is 17.6 Å². The summed E-state index contributed by atoms with van der Waals surface area (Å²) in [5, 5.41) is 17.6. The molecular formula is C17H16N4O2S. The van der Waals surface area contributed by atoms with Crippen LogP contribution in [0, 0.1) is 0 Å². The Bertz CT molecular complexity index is 862. The van der Waals surface area contributed by atoms with E-state index in [2.05, 4.69) is 15.4 Å². The van der Waals surface area contributed by atoms with Crippen molar-refractivity contribution in [3.8, 4) is 11.4 Å². The van der Waals surface area contributed by atoms with E-state index in [-0.39, 0.29) is 11.4 Å². The second kappa shape index (κ2) is 6.09. The zero-order valence-corrected chi connectivity index (χ0v) is 13.7. The molecule has 2 N–H and O–H groups in total. The summed E-state index contributed by atoms with van der Waals surface area (Å²) in [5.74, 6) is -0.606. The van der Waals surface area contributed by atoms with E-state index >= 15 is 0 Å². The molecule has 0 radical (unpaired) electrons. The second-order valence-electron chi connectivity index (χ2n) is 5.69. The van der Waals surface area contributed by atoms with Gasteiger partial charge in [-0.05, 0) is 37.8 Å². The molecule has 0 aliphatic heterocycles. The molecule has 24 heavy (non-hydrogen) atoms. The average molecular weight is 340 g/mol. The van der Waals surface area contributed by atoms with Crippen LogP contribution in [-0.4, -0.2) is 25.8 Å². The minimum Gasteiger partial charge on any atom is -0.504 e. The quantitative estimate of drug-likeness (QED) is 0.767. The molecule has 122 valence electrons.